The third-order valence-electron chi connectivity index (χ3n) is 6.79. The Labute approximate surface area is 183 Å². The van der Waals surface area contributed by atoms with Gasteiger partial charge in [-0.25, -0.2) is 0 Å². The molecule has 2 aromatic rings. The van der Waals surface area contributed by atoms with Crippen molar-refractivity contribution in [1.29, 1.82) is 0 Å². The lowest BCUT2D eigenvalue weighted by molar-refractivity contribution is -0.148. The van der Waals surface area contributed by atoms with Crippen molar-refractivity contribution < 1.29 is 19.4 Å². The maximum atomic E-state index is 13.0. The molecule has 2 heterocycles. The van der Waals surface area contributed by atoms with Crippen LogP contribution in [0.3, 0.4) is 0 Å². The molecule has 0 radical (unpaired) electrons. The van der Waals surface area contributed by atoms with Crippen LogP contribution >= 0.6 is 0 Å². The fourth-order valence-electron chi connectivity index (χ4n) is 5.26. The summed E-state index contributed by atoms with van der Waals surface area (Å²) in [5, 5.41) is 11.4. The molecule has 1 saturated carbocycles. The van der Waals surface area contributed by atoms with Gasteiger partial charge in [-0.1, -0.05) is 31.4 Å². The average Bonchev–Trinajstić information content (AvgIpc) is 3.17. The third-order valence-corrected chi connectivity index (χ3v) is 6.79. The molecular formula is C25H32N2O4. The number of benzene rings is 1. The van der Waals surface area contributed by atoms with Crippen molar-refractivity contribution in [2.75, 3.05) is 19.7 Å². The summed E-state index contributed by atoms with van der Waals surface area (Å²) in [5.74, 6) is 0.366. The van der Waals surface area contributed by atoms with Crippen LogP contribution in [0.2, 0.25) is 0 Å². The Morgan fingerprint density at radius 1 is 1.16 bits per heavy atom. The van der Waals surface area contributed by atoms with E-state index in [1.54, 1.807) is 18.3 Å². The van der Waals surface area contributed by atoms with Crippen LogP contribution in [0.5, 0.6) is 5.75 Å². The van der Waals surface area contributed by atoms with Gasteiger partial charge >= 0.3 is 5.97 Å². The number of hydrogen-bond donors (Lipinski definition) is 1. The average molecular weight is 425 g/mol. The quantitative estimate of drug-likeness (QED) is 0.526. The number of phenolic OH excluding ortho intramolecular Hbond substituents is 1. The number of ether oxygens (including phenoxy) is 1. The first-order valence-corrected chi connectivity index (χ1v) is 11.6. The molecule has 1 saturated heterocycles. The van der Waals surface area contributed by atoms with Crippen molar-refractivity contribution in [2.45, 2.75) is 57.9 Å². The number of aromatic nitrogens is 1. The van der Waals surface area contributed by atoms with Crippen LogP contribution in [-0.2, 0) is 9.53 Å². The maximum Gasteiger partial charge on any atom is 0.323 e. The molecule has 2 fully saturated rings. The molecule has 166 valence electrons. The van der Waals surface area contributed by atoms with Crippen LogP contribution in [0.25, 0.3) is 10.9 Å². The molecule has 1 aliphatic heterocycles. The number of carbonyl (C=O) groups excluding carboxylic acids is 2. The topological polar surface area (TPSA) is 79.7 Å². The molecule has 0 spiro atoms. The third kappa shape index (κ3) is 4.90. The van der Waals surface area contributed by atoms with E-state index in [2.05, 4.69) is 9.88 Å². The molecule has 0 bridgehead atoms. The number of carbonyl (C=O) groups is 2. The fourth-order valence-corrected chi connectivity index (χ4v) is 5.26. The van der Waals surface area contributed by atoms with E-state index in [-0.39, 0.29) is 29.5 Å². The zero-order valence-electron chi connectivity index (χ0n) is 18.3. The Kier molecular flexibility index (Phi) is 6.86. The highest BCUT2D eigenvalue weighted by atomic mass is 16.5. The van der Waals surface area contributed by atoms with E-state index in [0.29, 0.717) is 36.4 Å². The van der Waals surface area contributed by atoms with E-state index in [1.807, 2.05) is 19.1 Å². The maximum absolute atomic E-state index is 13.0. The summed E-state index contributed by atoms with van der Waals surface area (Å²) in [4.78, 5) is 32.1. The molecular weight excluding hydrogens is 392 g/mol. The van der Waals surface area contributed by atoms with Gasteiger partial charge in [0.25, 0.3) is 0 Å². The van der Waals surface area contributed by atoms with Gasteiger partial charge in [0.1, 0.15) is 11.6 Å². The molecule has 4 rings (SSSR count). The second-order valence-corrected chi connectivity index (χ2v) is 8.99. The lowest BCUT2D eigenvalue weighted by Crippen LogP contribution is -2.40. The molecule has 6 nitrogen and oxygen atoms in total. The fraction of sp³-hybridized carbons (Fsp3) is 0.560. The predicted octanol–water partition coefficient (Wildman–Crippen LogP) is 4.35. The first-order valence-electron chi connectivity index (χ1n) is 11.6. The van der Waals surface area contributed by atoms with Crippen LogP contribution in [-0.4, -0.2) is 52.5 Å². The summed E-state index contributed by atoms with van der Waals surface area (Å²) in [6.07, 6.45) is 8.81. The smallest absolute Gasteiger partial charge is 0.323 e. The summed E-state index contributed by atoms with van der Waals surface area (Å²) in [6.45, 7) is 3.82. The van der Waals surface area contributed by atoms with Gasteiger partial charge in [-0.3, -0.25) is 19.5 Å². The summed E-state index contributed by atoms with van der Waals surface area (Å²) in [6, 6.07) is 6.89. The Hall–Kier alpha value is -2.47. The number of ketones is 1. The van der Waals surface area contributed by atoms with Gasteiger partial charge in [0.05, 0.1) is 12.2 Å². The summed E-state index contributed by atoms with van der Waals surface area (Å²) in [7, 11) is 0. The Morgan fingerprint density at radius 2 is 1.97 bits per heavy atom. The minimum atomic E-state index is -0.272. The van der Waals surface area contributed by atoms with E-state index < -0.39 is 0 Å². The number of Topliss-reactive ketones (excluding diaryl/α,β-unsaturated/α-hetero) is 1. The molecule has 2 atom stereocenters. The zero-order valence-corrected chi connectivity index (χ0v) is 18.3. The van der Waals surface area contributed by atoms with Crippen LogP contribution < -0.4 is 0 Å². The number of fused-ring (bicyclic) bond motifs is 1. The van der Waals surface area contributed by atoms with Crippen molar-refractivity contribution in [3.8, 4) is 5.75 Å². The normalized spacial score (nSPS) is 22.6. The Morgan fingerprint density at radius 3 is 2.74 bits per heavy atom. The largest absolute Gasteiger partial charge is 0.505 e. The van der Waals surface area contributed by atoms with Gasteiger partial charge in [0, 0.05) is 31.1 Å². The number of aromatic hydroxyl groups is 1. The van der Waals surface area contributed by atoms with Crippen molar-refractivity contribution in [3.05, 3.63) is 36.0 Å². The highest BCUT2D eigenvalue weighted by Gasteiger charge is 2.39. The molecule has 6 heteroatoms. The minimum absolute atomic E-state index is 0.0536. The molecule has 0 amide bonds. The zero-order chi connectivity index (χ0) is 21.8. The van der Waals surface area contributed by atoms with Crippen molar-refractivity contribution in [1.82, 2.24) is 9.88 Å². The van der Waals surface area contributed by atoms with Crippen molar-refractivity contribution in [3.63, 3.8) is 0 Å². The molecule has 2 aliphatic rings. The second kappa shape index (κ2) is 9.77. The number of nitrogens with zero attached hydrogens (tertiary/aromatic N) is 2. The lowest BCUT2D eigenvalue weighted by Gasteiger charge is -2.29. The highest BCUT2D eigenvalue weighted by Crippen LogP contribution is 2.34. The standard InChI is InChI=1S/C25H32N2O4/c1-2-31-25(30)21-13-18(16-27(21)15-17-7-4-3-5-8-17)14-22(28)20-11-10-19-9-6-12-26-23(19)24(20)29/h6,9-12,17-18,21,29H,2-5,7-8,13-16H2,1H3/t18-,21+/m1/s1. The molecule has 0 unspecified atom stereocenters. The van der Waals surface area contributed by atoms with Crippen LogP contribution in [0.1, 0.15) is 62.2 Å². The van der Waals surface area contributed by atoms with Gasteiger partial charge in [-0.05, 0) is 50.2 Å². The van der Waals surface area contributed by atoms with E-state index in [4.69, 9.17) is 4.74 Å². The van der Waals surface area contributed by atoms with Gasteiger partial charge in [0.2, 0.25) is 0 Å². The first kappa shape index (κ1) is 21.8. The van der Waals surface area contributed by atoms with E-state index in [0.717, 1.165) is 18.5 Å². The van der Waals surface area contributed by atoms with Crippen LogP contribution in [0, 0.1) is 11.8 Å². The van der Waals surface area contributed by atoms with E-state index >= 15 is 0 Å². The van der Waals surface area contributed by atoms with Gasteiger partial charge in [-0.15, -0.1) is 0 Å². The molecule has 1 aromatic heterocycles. The van der Waals surface area contributed by atoms with Crippen LogP contribution in [0.4, 0.5) is 0 Å². The number of likely N-dealkylation sites (tertiary alicyclic amines) is 1. The van der Waals surface area contributed by atoms with Gasteiger partial charge in [0.15, 0.2) is 11.5 Å². The number of esters is 1. The Balaban J connectivity index is 1.46. The van der Waals surface area contributed by atoms with Crippen molar-refractivity contribution >= 4 is 22.7 Å². The van der Waals surface area contributed by atoms with E-state index in [1.165, 1.54) is 32.1 Å². The number of pyridine rings is 1. The van der Waals surface area contributed by atoms with E-state index in [9.17, 15) is 14.7 Å². The highest BCUT2D eigenvalue weighted by molar-refractivity contribution is 6.03. The number of rotatable bonds is 7. The first-order chi connectivity index (χ1) is 15.1. The summed E-state index contributed by atoms with van der Waals surface area (Å²) < 4.78 is 5.34. The second-order valence-electron chi connectivity index (χ2n) is 8.99. The molecule has 1 aromatic carbocycles. The lowest BCUT2D eigenvalue weighted by atomic mass is 9.89. The summed E-state index contributed by atoms with van der Waals surface area (Å²) >= 11 is 0. The minimum Gasteiger partial charge on any atom is -0.505 e. The number of phenols is 1. The molecule has 31 heavy (non-hydrogen) atoms. The SMILES string of the molecule is CCOC(=O)[C@@H]1C[C@H](CC(=O)c2ccc3cccnc3c2O)CN1CC1CCCCC1. The molecule has 1 aliphatic carbocycles. The monoisotopic (exact) mass is 424 g/mol. The predicted molar refractivity (Wildman–Crippen MR) is 119 cm³/mol. The van der Waals surface area contributed by atoms with Gasteiger partial charge in [-0.2, -0.15) is 0 Å². The molecule has 1 N–H and O–H groups in total. The van der Waals surface area contributed by atoms with Gasteiger partial charge < -0.3 is 9.84 Å². The van der Waals surface area contributed by atoms with Crippen molar-refractivity contribution in [2.24, 2.45) is 11.8 Å². The Bertz CT molecular complexity index is 938. The number of hydrogen-bond acceptors (Lipinski definition) is 6. The summed E-state index contributed by atoms with van der Waals surface area (Å²) in [5.41, 5.74) is 0.757. The van der Waals surface area contributed by atoms with Crippen LogP contribution in [0.15, 0.2) is 30.5 Å².